The number of thiocarbonyl (C=S) groups is 2. The molecule has 0 aromatic heterocycles. The summed E-state index contributed by atoms with van der Waals surface area (Å²) in [5.74, 6) is 0. The Bertz CT molecular complexity index is 191. The fourth-order valence-corrected chi connectivity index (χ4v) is 1.48. The maximum Gasteiger partial charge on any atom is 0.254 e. The Morgan fingerprint density at radius 1 is 1.06 bits per heavy atom. The van der Waals surface area contributed by atoms with Crippen LogP contribution in [0.25, 0.3) is 0 Å². The second-order valence-corrected chi connectivity index (χ2v) is 3.86. The van der Waals surface area contributed by atoms with Gasteiger partial charge in [-0.15, -0.1) is 0 Å². The van der Waals surface area contributed by atoms with Gasteiger partial charge in [0, 0.05) is 0 Å². The molecule has 1 aliphatic carbocycles. The Kier molecular flexibility index (Phi) is 16.1. The molecule has 1 rings (SSSR count). The molecule has 0 aromatic rings. The monoisotopic (exact) mass is 268 g/mol. The molecule has 0 aliphatic heterocycles. The molecule has 5 N–H and O–H groups in total. The smallest absolute Gasteiger partial charge is 0.254 e. The summed E-state index contributed by atoms with van der Waals surface area (Å²) in [6.45, 7) is 0. The highest BCUT2D eigenvalue weighted by Gasteiger charge is 2.14. The van der Waals surface area contributed by atoms with E-state index in [1.54, 1.807) is 0 Å². The first-order valence-electron chi connectivity index (χ1n) is 4.47. The zero-order valence-electron chi connectivity index (χ0n) is 7.94. The molecule has 98 valence electrons. The van der Waals surface area contributed by atoms with E-state index < -0.39 is 5.17 Å². The summed E-state index contributed by atoms with van der Waals surface area (Å²) < 4.78 is 5.20. The number of rotatable bonds is 1. The largest absolute Gasteiger partial charge is 0.487 e. The van der Waals surface area contributed by atoms with Crippen molar-refractivity contribution in [3.05, 3.63) is 0 Å². The van der Waals surface area contributed by atoms with Crippen LogP contribution in [0.5, 0.6) is 0 Å². The first-order valence-corrected chi connectivity index (χ1v) is 5.28. The Labute approximate surface area is 109 Å². The maximum atomic E-state index is 7.56. The van der Waals surface area contributed by atoms with Gasteiger partial charge in [0.25, 0.3) is 10.3 Å². The fourth-order valence-electron chi connectivity index (χ4n) is 1.35. The number of hydrogen-bond acceptors (Lipinski definition) is 3. The Balaban J connectivity index is -0.000000249. The molecule has 1 aliphatic rings. The lowest BCUT2D eigenvalue weighted by Gasteiger charge is -2.21. The summed E-state index contributed by atoms with van der Waals surface area (Å²) in [4.78, 5) is 0. The van der Waals surface area contributed by atoms with Gasteiger partial charge in [0.15, 0.2) is 0 Å². The van der Waals surface area contributed by atoms with Crippen LogP contribution in [0.1, 0.15) is 47.0 Å². The molecule has 0 amide bonds. The van der Waals surface area contributed by atoms with Crippen molar-refractivity contribution in [2.75, 3.05) is 0 Å². The van der Waals surface area contributed by atoms with E-state index in [1.165, 1.54) is 19.3 Å². The molecule has 0 atom stereocenters. The van der Waals surface area contributed by atoms with Gasteiger partial charge in [-0.3, -0.25) is 0 Å². The van der Waals surface area contributed by atoms with Crippen LogP contribution in [0, 0.1) is 0 Å². The average molecular weight is 268 g/mol. The normalized spacial score (nSPS) is 14.2. The summed E-state index contributed by atoms with van der Waals surface area (Å²) in [5, 5.41) is 7.27. The minimum atomic E-state index is -0.500. The molecule has 0 bridgehead atoms. The number of hydrogen-bond donors (Lipinski definition) is 3. The lowest BCUT2D eigenvalue weighted by molar-refractivity contribution is 0.145. The predicted octanol–water partition coefficient (Wildman–Crippen LogP) is 2.64. The highest BCUT2D eigenvalue weighted by atomic mass is 32.1. The molecule has 4 nitrogen and oxygen atoms in total. The Morgan fingerprint density at radius 3 is 1.75 bits per heavy atom. The zero-order chi connectivity index (χ0) is 11.0. The molecule has 1 fully saturated rings. The minimum absolute atomic E-state index is 0. The third-order valence-electron chi connectivity index (χ3n) is 1.84. The third-order valence-corrected chi connectivity index (χ3v) is 1.93. The van der Waals surface area contributed by atoms with E-state index in [0.717, 1.165) is 12.8 Å². The number of aliphatic hydroxyl groups is 1. The second kappa shape index (κ2) is 12.4. The van der Waals surface area contributed by atoms with E-state index in [4.69, 9.17) is 15.6 Å². The SMILES string of the molecule is C.C.NC(=S)OC1CCCCC1.NC(O)=S. The van der Waals surface area contributed by atoms with Gasteiger partial charge in [-0.2, -0.15) is 0 Å². The van der Waals surface area contributed by atoms with Crippen molar-refractivity contribution >= 4 is 34.8 Å². The van der Waals surface area contributed by atoms with Gasteiger partial charge < -0.3 is 21.3 Å². The van der Waals surface area contributed by atoms with Gasteiger partial charge in [-0.1, -0.05) is 21.3 Å². The first-order chi connectivity index (χ1) is 6.52. The fraction of sp³-hybridized carbons (Fsp3) is 0.800. The van der Waals surface area contributed by atoms with Crippen LogP contribution in [0.2, 0.25) is 0 Å². The summed E-state index contributed by atoms with van der Waals surface area (Å²) in [6, 6.07) is 0. The van der Waals surface area contributed by atoms with Gasteiger partial charge in [0.05, 0.1) is 0 Å². The van der Waals surface area contributed by atoms with Crippen LogP contribution in [-0.2, 0) is 4.74 Å². The van der Waals surface area contributed by atoms with Crippen molar-refractivity contribution < 1.29 is 9.84 Å². The molecule has 0 saturated heterocycles. The maximum absolute atomic E-state index is 7.56. The van der Waals surface area contributed by atoms with E-state index in [0.29, 0.717) is 6.10 Å². The second-order valence-electron chi connectivity index (χ2n) is 3.04. The van der Waals surface area contributed by atoms with Gasteiger partial charge in [0.2, 0.25) is 0 Å². The summed E-state index contributed by atoms with van der Waals surface area (Å²) in [6.07, 6.45) is 6.40. The molecular weight excluding hydrogens is 244 g/mol. The molecular formula is C10H24N2O2S2. The van der Waals surface area contributed by atoms with Crippen LogP contribution in [0.15, 0.2) is 0 Å². The van der Waals surface area contributed by atoms with E-state index in [-0.39, 0.29) is 20.0 Å². The van der Waals surface area contributed by atoms with Crippen molar-refractivity contribution in [2.45, 2.75) is 53.1 Å². The molecule has 0 spiro atoms. The average Bonchev–Trinajstić information content (AvgIpc) is 2.03. The molecule has 16 heavy (non-hydrogen) atoms. The van der Waals surface area contributed by atoms with Crippen molar-refractivity contribution in [1.29, 1.82) is 0 Å². The van der Waals surface area contributed by atoms with E-state index in [2.05, 4.69) is 30.2 Å². The van der Waals surface area contributed by atoms with Crippen LogP contribution >= 0.6 is 24.4 Å². The van der Waals surface area contributed by atoms with Gasteiger partial charge in [-0.25, -0.2) is 0 Å². The molecule has 0 unspecified atom stereocenters. The molecule has 1 saturated carbocycles. The lowest BCUT2D eigenvalue weighted by atomic mass is 9.98. The van der Waals surface area contributed by atoms with Crippen molar-refractivity contribution in [1.82, 2.24) is 0 Å². The Hall–Kier alpha value is -0.620. The molecule has 0 heterocycles. The highest BCUT2D eigenvalue weighted by molar-refractivity contribution is 7.80. The highest BCUT2D eigenvalue weighted by Crippen LogP contribution is 2.19. The standard InChI is InChI=1S/C7H13NOS.CH3NOS.2CH4/c8-7(10)9-6-4-2-1-3-5-6;2-1(3)4;;/h6H,1-5H2,(H2,8,10);(H3,2,3,4);2*1H4. The van der Waals surface area contributed by atoms with Gasteiger partial charge >= 0.3 is 0 Å². The molecule has 0 aromatic carbocycles. The number of ether oxygens (including phenoxy) is 1. The van der Waals surface area contributed by atoms with Crippen LogP contribution in [0.3, 0.4) is 0 Å². The molecule has 6 heteroatoms. The number of nitrogens with two attached hydrogens (primary N) is 2. The van der Waals surface area contributed by atoms with E-state index >= 15 is 0 Å². The quantitative estimate of drug-likeness (QED) is 0.634. The van der Waals surface area contributed by atoms with Gasteiger partial charge in [-0.05, 0) is 50.1 Å². The van der Waals surface area contributed by atoms with Crippen molar-refractivity contribution in [3.8, 4) is 0 Å². The lowest BCUT2D eigenvalue weighted by Crippen LogP contribution is -2.24. The van der Waals surface area contributed by atoms with Crippen LogP contribution in [0.4, 0.5) is 0 Å². The predicted molar refractivity (Wildman–Crippen MR) is 77.6 cm³/mol. The zero-order valence-corrected chi connectivity index (χ0v) is 9.57. The third kappa shape index (κ3) is 15.8. The summed E-state index contributed by atoms with van der Waals surface area (Å²) in [7, 11) is 0. The van der Waals surface area contributed by atoms with E-state index in [1.807, 2.05) is 0 Å². The van der Waals surface area contributed by atoms with Crippen LogP contribution < -0.4 is 11.5 Å². The molecule has 0 radical (unpaired) electrons. The topological polar surface area (TPSA) is 81.5 Å². The summed E-state index contributed by atoms with van der Waals surface area (Å²) >= 11 is 8.50. The van der Waals surface area contributed by atoms with E-state index in [9.17, 15) is 0 Å². The first kappa shape index (κ1) is 20.8. The van der Waals surface area contributed by atoms with Gasteiger partial charge in [0.1, 0.15) is 6.10 Å². The van der Waals surface area contributed by atoms with Crippen molar-refractivity contribution in [3.63, 3.8) is 0 Å². The van der Waals surface area contributed by atoms with Crippen LogP contribution in [-0.4, -0.2) is 21.6 Å². The summed E-state index contributed by atoms with van der Waals surface area (Å²) in [5.41, 5.74) is 9.63. The number of aliphatic hydroxyl groups excluding tert-OH is 1. The Morgan fingerprint density at radius 2 is 1.44 bits per heavy atom. The minimum Gasteiger partial charge on any atom is -0.487 e. The van der Waals surface area contributed by atoms with Crippen molar-refractivity contribution in [2.24, 2.45) is 11.5 Å².